The number of amides is 2. The molecule has 110 valence electrons. The van der Waals surface area contributed by atoms with E-state index in [0.717, 1.165) is 38.8 Å². The first kappa shape index (κ1) is 14.8. The van der Waals surface area contributed by atoms with Crippen LogP contribution in [0.1, 0.15) is 32.1 Å². The fraction of sp³-hybridized carbons (Fsp3) is 0.786. The van der Waals surface area contributed by atoms with Crippen LogP contribution in [-0.4, -0.2) is 49.1 Å². The third-order valence-electron chi connectivity index (χ3n) is 3.96. The van der Waals surface area contributed by atoms with Gasteiger partial charge in [-0.15, -0.1) is 0 Å². The molecule has 2 fully saturated rings. The van der Waals surface area contributed by atoms with Gasteiger partial charge in [0.1, 0.15) is 12.5 Å². The molecule has 0 aromatic rings. The van der Waals surface area contributed by atoms with E-state index in [-0.39, 0.29) is 24.3 Å². The number of hydrogen-bond donors (Lipinski definition) is 1. The summed E-state index contributed by atoms with van der Waals surface area (Å²) in [4.78, 5) is 25.2. The molecule has 0 radical (unpaired) electrons. The van der Waals surface area contributed by atoms with Crippen molar-refractivity contribution in [3.05, 3.63) is 0 Å². The Labute approximate surface area is 119 Å². The zero-order valence-corrected chi connectivity index (χ0v) is 11.6. The summed E-state index contributed by atoms with van der Waals surface area (Å²) in [5, 5.41) is 11.2. The van der Waals surface area contributed by atoms with E-state index in [2.05, 4.69) is 5.32 Å². The lowest BCUT2D eigenvalue weighted by Gasteiger charge is -2.33. The van der Waals surface area contributed by atoms with Crippen LogP contribution in [0.25, 0.3) is 0 Å². The number of hydrogen-bond acceptors (Lipinski definition) is 4. The van der Waals surface area contributed by atoms with Crippen molar-refractivity contribution in [3.8, 4) is 6.07 Å². The van der Waals surface area contributed by atoms with E-state index in [9.17, 15) is 9.59 Å². The van der Waals surface area contributed by atoms with Crippen LogP contribution in [0.15, 0.2) is 0 Å². The molecule has 2 rings (SSSR count). The van der Waals surface area contributed by atoms with Crippen LogP contribution in [0.3, 0.4) is 0 Å². The number of ether oxygens (including phenoxy) is 1. The van der Waals surface area contributed by atoms with Crippen molar-refractivity contribution < 1.29 is 14.3 Å². The van der Waals surface area contributed by atoms with E-state index in [1.165, 1.54) is 0 Å². The van der Waals surface area contributed by atoms with Crippen molar-refractivity contribution in [2.24, 2.45) is 5.92 Å². The molecule has 0 aliphatic carbocycles. The smallest absolute Gasteiger partial charge is 0.251 e. The van der Waals surface area contributed by atoms with Gasteiger partial charge in [0, 0.05) is 26.2 Å². The summed E-state index contributed by atoms with van der Waals surface area (Å²) in [5.41, 5.74) is 0. The van der Waals surface area contributed by atoms with Gasteiger partial charge in [0.2, 0.25) is 5.91 Å². The fourth-order valence-corrected chi connectivity index (χ4v) is 2.73. The first-order valence-corrected chi connectivity index (χ1v) is 7.24. The molecule has 1 unspecified atom stereocenters. The van der Waals surface area contributed by atoms with Gasteiger partial charge in [-0.1, -0.05) is 0 Å². The van der Waals surface area contributed by atoms with Gasteiger partial charge in [0.15, 0.2) is 0 Å². The number of nitrogens with one attached hydrogen (secondary N) is 1. The third-order valence-corrected chi connectivity index (χ3v) is 3.96. The van der Waals surface area contributed by atoms with Crippen LogP contribution in [0, 0.1) is 17.2 Å². The van der Waals surface area contributed by atoms with Crippen LogP contribution in [0.2, 0.25) is 0 Å². The van der Waals surface area contributed by atoms with E-state index in [1.54, 1.807) is 0 Å². The van der Waals surface area contributed by atoms with Crippen molar-refractivity contribution in [2.75, 3.05) is 26.2 Å². The molecule has 0 aromatic heterocycles. The Morgan fingerprint density at radius 1 is 1.30 bits per heavy atom. The molecular weight excluding hydrogens is 258 g/mol. The van der Waals surface area contributed by atoms with Gasteiger partial charge in [0.25, 0.3) is 5.91 Å². The topological polar surface area (TPSA) is 82.4 Å². The largest absolute Gasteiger partial charge is 0.368 e. The zero-order valence-electron chi connectivity index (χ0n) is 11.6. The number of likely N-dealkylation sites (tertiary alicyclic amines) is 1. The molecule has 0 bridgehead atoms. The average Bonchev–Trinajstić information content (AvgIpc) is 2.99. The summed E-state index contributed by atoms with van der Waals surface area (Å²) < 4.78 is 5.42. The fourth-order valence-electron chi connectivity index (χ4n) is 2.73. The second kappa shape index (κ2) is 7.25. The predicted molar refractivity (Wildman–Crippen MR) is 71.5 cm³/mol. The minimum Gasteiger partial charge on any atom is -0.368 e. The van der Waals surface area contributed by atoms with E-state index in [0.29, 0.717) is 19.1 Å². The Morgan fingerprint density at radius 3 is 2.65 bits per heavy atom. The maximum atomic E-state index is 12.2. The van der Waals surface area contributed by atoms with Crippen LogP contribution < -0.4 is 5.32 Å². The summed E-state index contributed by atoms with van der Waals surface area (Å²) in [6.45, 7) is 2.76. The highest BCUT2D eigenvalue weighted by molar-refractivity contribution is 5.81. The predicted octanol–water partition coefficient (Wildman–Crippen LogP) is 0.434. The summed E-state index contributed by atoms with van der Waals surface area (Å²) in [6, 6.07) is 1.83. The first-order valence-electron chi connectivity index (χ1n) is 7.24. The molecule has 6 heteroatoms. The normalized spacial score (nSPS) is 23.4. The lowest BCUT2D eigenvalue weighted by atomic mass is 9.96. The van der Waals surface area contributed by atoms with Gasteiger partial charge < -0.3 is 15.0 Å². The number of carbonyl (C=O) groups excluding carboxylic acids is 2. The zero-order chi connectivity index (χ0) is 14.4. The highest BCUT2D eigenvalue weighted by atomic mass is 16.5. The lowest BCUT2D eigenvalue weighted by Crippen LogP contribution is -2.45. The van der Waals surface area contributed by atoms with Gasteiger partial charge in [-0.25, -0.2) is 0 Å². The Balaban J connectivity index is 1.68. The van der Waals surface area contributed by atoms with E-state index < -0.39 is 0 Å². The molecule has 2 heterocycles. The standard InChI is InChI=1S/C14H21N3O3/c15-6-3-13(18)16-10-11-4-7-17(8-5-11)14(19)12-2-1-9-20-12/h11-12H,1-5,7-10H2,(H,16,18). The molecule has 0 saturated carbocycles. The molecule has 2 aliphatic heterocycles. The molecule has 0 spiro atoms. The highest BCUT2D eigenvalue weighted by Crippen LogP contribution is 2.20. The van der Waals surface area contributed by atoms with Gasteiger partial charge >= 0.3 is 0 Å². The second-order valence-electron chi connectivity index (χ2n) is 5.41. The van der Waals surface area contributed by atoms with Crippen LogP contribution in [-0.2, 0) is 14.3 Å². The monoisotopic (exact) mass is 279 g/mol. The Bertz CT molecular complexity index is 391. The number of carbonyl (C=O) groups is 2. The number of nitriles is 1. The van der Waals surface area contributed by atoms with Crippen LogP contribution >= 0.6 is 0 Å². The van der Waals surface area contributed by atoms with Gasteiger partial charge in [-0.05, 0) is 31.6 Å². The van der Waals surface area contributed by atoms with E-state index in [4.69, 9.17) is 10.00 Å². The van der Waals surface area contributed by atoms with E-state index in [1.807, 2.05) is 11.0 Å². The third kappa shape index (κ3) is 3.94. The molecule has 2 saturated heterocycles. The number of nitrogens with zero attached hydrogens (tertiary/aromatic N) is 2. The van der Waals surface area contributed by atoms with Crippen molar-refractivity contribution >= 4 is 11.8 Å². The van der Waals surface area contributed by atoms with Crippen molar-refractivity contribution in [3.63, 3.8) is 0 Å². The summed E-state index contributed by atoms with van der Waals surface area (Å²) in [7, 11) is 0. The Hall–Kier alpha value is -1.61. The molecule has 1 N–H and O–H groups in total. The molecular formula is C14H21N3O3. The highest BCUT2D eigenvalue weighted by Gasteiger charge is 2.30. The maximum absolute atomic E-state index is 12.2. The number of piperidine rings is 1. The molecule has 0 aromatic carbocycles. The van der Waals surface area contributed by atoms with Gasteiger partial charge in [0.05, 0.1) is 6.07 Å². The first-order chi connectivity index (χ1) is 9.70. The Morgan fingerprint density at radius 2 is 2.05 bits per heavy atom. The molecule has 2 aliphatic rings. The van der Waals surface area contributed by atoms with Crippen LogP contribution in [0.4, 0.5) is 0 Å². The van der Waals surface area contributed by atoms with Gasteiger partial charge in [-0.2, -0.15) is 5.26 Å². The summed E-state index contributed by atoms with van der Waals surface area (Å²) in [5.74, 6) is 0.297. The molecule has 6 nitrogen and oxygen atoms in total. The minimum absolute atomic E-state index is 0.0870. The number of rotatable bonds is 4. The molecule has 2 amide bonds. The maximum Gasteiger partial charge on any atom is 0.251 e. The summed E-state index contributed by atoms with van der Waals surface area (Å²) >= 11 is 0. The van der Waals surface area contributed by atoms with E-state index >= 15 is 0 Å². The lowest BCUT2D eigenvalue weighted by molar-refractivity contribution is -0.142. The van der Waals surface area contributed by atoms with Gasteiger partial charge in [-0.3, -0.25) is 9.59 Å². The van der Waals surface area contributed by atoms with Crippen molar-refractivity contribution in [1.82, 2.24) is 10.2 Å². The molecule has 20 heavy (non-hydrogen) atoms. The van der Waals surface area contributed by atoms with Crippen molar-refractivity contribution in [2.45, 2.75) is 38.2 Å². The average molecular weight is 279 g/mol. The molecule has 1 atom stereocenters. The summed E-state index contributed by atoms with van der Waals surface area (Å²) in [6.07, 6.45) is 3.27. The van der Waals surface area contributed by atoms with Crippen LogP contribution in [0.5, 0.6) is 0 Å². The minimum atomic E-state index is -0.234. The Kier molecular flexibility index (Phi) is 5.36. The second-order valence-corrected chi connectivity index (χ2v) is 5.41. The quantitative estimate of drug-likeness (QED) is 0.809. The van der Waals surface area contributed by atoms with Crippen molar-refractivity contribution in [1.29, 1.82) is 5.26 Å². The SMILES string of the molecule is N#CCC(=O)NCC1CCN(C(=O)C2CCCO2)CC1.